The lowest BCUT2D eigenvalue weighted by atomic mass is 10.3. The zero-order valence-corrected chi connectivity index (χ0v) is 8.14. The molecule has 1 saturated heterocycles. The molecule has 1 aliphatic rings. The summed E-state index contributed by atoms with van der Waals surface area (Å²) in [6.07, 6.45) is 0. The molecule has 1 unspecified atom stereocenters. The molecule has 1 atom stereocenters. The summed E-state index contributed by atoms with van der Waals surface area (Å²) in [4.78, 5) is 25.1. The highest BCUT2D eigenvalue weighted by molar-refractivity contribution is 5.78. The maximum atomic E-state index is 11.5. The van der Waals surface area contributed by atoms with Crippen LogP contribution in [-0.2, 0) is 4.79 Å². The number of nitrogens with zero attached hydrogens (tertiary/aromatic N) is 2. The summed E-state index contributed by atoms with van der Waals surface area (Å²) in [5.41, 5.74) is 5.33. The summed E-state index contributed by atoms with van der Waals surface area (Å²) in [6, 6.07) is -1.11. The van der Waals surface area contributed by atoms with E-state index in [0.717, 1.165) is 0 Å². The summed E-state index contributed by atoms with van der Waals surface area (Å²) in [7, 11) is 0. The number of rotatable bonds is 4. The average molecular weight is 201 g/mol. The largest absolute Gasteiger partial charge is 0.480 e. The van der Waals surface area contributed by atoms with Crippen molar-refractivity contribution in [1.29, 1.82) is 0 Å². The van der Waals surface area contributed by atoms with Crippen molar-refractivity contribution < 1.29 is 14.7 Å². The number of carbonyl (C=O) groups is 2. The van der Waals surface area contributed by atoms with Crippen molar-refractivity contribution >= 4 is 12.0 Å². The van der Waals surface area contributed by atoms with Crippen LogP contribution in [-0.4, -0.2) is 59.1 Å². The topological polar surface area (TPSA) is 86.9 Å². The number of carboxylic acid groups (broad SMARTS) is 1. The number of carboxylic acids is 1. The van der Waals surface area contributed by atoms with Crippen molar-refractivity contribution in [1.82, 2.24) is 9.80 Å². The zero-order chi connectivity index (χ0) is 10.7. The Morgan fingerprint density at radius 2 is 2.14 bits per heavy atom. The minimum absolute atomic E-state index is 0.0880. The highest BCUT2D eigenvalue weighted by Crippen LogP contribution is 2.07. The van der Waals surface area contributed by atoms with Gasteiger partial charge in [0.25, 0.3) is 0 Å². The van der Waals surface area contributed by atoms with E-state index in [9.17, 15) is 9.59 Å². The van der Waals surface area contributed by atoms with E-state index in [1.165, 1.54) is 4.90 Å². The predicted molar refractivity (Wildman–Crippen MR) is 49.8 cm³/mol. The number of carbonyl (C=O) groups excluding carboxylic acids is 1. The summed E-state index contributed by atoms with van der Waals surface area (Å²) in [5.74, 6) is -1.08. The third-order valence-electron chi connectivity index (χ3n) is 2.30. The second kappa shape index (κ2) is 4.28. The van der Waals surface area contributed by atoms with Gasteiger partial charge >= 0.3 is 12.0 Å². The quantitative estimate of drug-likeness (QED) is 0.620. The molecule has 0 aromatic carbocycles. The Morgan fingerprint density at radius 3 is 2.57 bits per heavy atom. The van der Waals surface area contributed by atoms with Gasteiger partial charge < -0.3 is 20.6 Å². The van der Waals surface area contributed by atoms with Crippen molar-refractivity contribution in [3.05, 3.63) is 0 Å². The fourth-order valence-corrected chi connectivity index (χ4v) is 1.41. The fourth-order valence-electron chi connectivity index (χ4n) is 1.41. The Labute approximate surface area is 82.3 Å². The summed E-state index contributed by atoms with van der Waals surface area (Å²) < 4.78 is 0. The normalized spacial score (nSPS) is 18.9. The molecule has 1 aliphatic heterocycles. The van der Waals surface area contributed by atoms with Crippen LogP contribution < -0.4 is 5.73 Å². The Kier molecular flexibility index (Phi) is 3.29. The van der Waals surface area contributed by atoms with Crippen LogP contribution in [0.5, 0.6) is 0 Å². The lowest BCUT2D eigenvalue weighted by Gasteiger charge is -2.18. The van der Waals surface area contributed by atoms with Gasteiger partial charge in [-0.05, 0) is 6.92 Å². The molecule has 14 heavy (non-hydrogen) atoms. The Bertz CT molecular complexity index is 244. The van der Waals surface area contributed by atoms with Crippen LogP contribution >= 0.6 is 0 Å². The SMILES string of the molecule is CCN1CCN(CC(N)C(=O)O)C1=O. The molecule has 0 spiro atoms. The van der Waals surface area contributed by atoms with Crippen LogP contribution in [0, 0.1) is 0 Å². The summed E-state index contributed by atoms with van der Waals surface area (Å²) in [6.45, 7) is 3.84. The van der Waals surface area contributed by atoms with Gasteiger partial charge in [0.1, 0.15) is 6.04 Å². The molecular weight excluding hydrogens is 186 g/mol. The monoisotopic (exact) mass is 201 g/mol. The van der Waals surface area contributed by atoms with Gasteiger partial charge in [-0.15, -0.1) is 0 Å². The van der Waals surface area contributed by atoms with Crippen LogP contribution in [0.1, 0.15) is 6.92 Å². The summed E-state index contributed by atoms with van der Waals surface area (Å²) in [5, 5.41) is 8.58. The van der Waals surface area contributed by atoms with E-state index < -0.39 is 12.0 Å². The van der Waals surface area contributed by atoms with Crippen LogP contribution in [0.3, 0.4) is 0 Å². The molecule has 2 amide bonds. The maximum Gasteiger partial charge on any atom is 0.322 e. The molecule has 0 saturated carbocycles. The standard InChI is InChI=1S/C8H15N3O3/c1-2-10-3-4-11(8(10)14)5-6(9)7(12)13/h6H,2-5,9H2,1H3,(H,12,13). The molecule has 3 N–H and O–H groups in total. The molecule has 6 heteroatoms. The van der Waals surface area contributed by atoms with Crippen LogP contribution in [0.4, 0.5) is 4.79 Å². The highest BCUT2D eigenvalue weighted by Gasteiger charge is 2.29. The van der Waals surface area contributed by atoms with Gasteiger partial charge in [-0.2, -0.15) is 0 Å². The van der Waals surface area contributed by atoms with Crippen molar-refractivity contribution in [2.75, 3.05) is 26.2 Å². The van der Waals surface area contributed by atoms with Crippen molar-refractivity contribution in [3.63, 3.8) is 0 Å². The molecule has 0 aliphatic carbocycles. The molecule has 6 nitrogen and oxygen atoms in total. The minimum Gasteiger partial charge on any atom is -0.480 e. The Balaban J connectivity index is 2.48. The van der Waals surface area contributed by atoms with E-state index >= 15 is 0 Å². The van der Waals surface area contributed by atoms with Crippen molar-refractivity contribution in [3.8, 4) is 0 Å². The first-order valence-corrected chi connectivity index (χ1v) is 4.58. The van der Waals surface area contributed by atoms with E-state index in [1.807, 2.05) is 6.92 Å². The molecule has 1 heterocycles. The fraction of sp³-hybridized carbons (Fsp3) is 0.750. The highest BCUT2D eigenvalue weighted by atomic mass is 16.4. The first-order chi connectivity index (χ1) is 6.56. The van der Waals surface area contributed by atoms with E-state index in [4.69, 9.17) is 10.8 Å². The second-order valence-corrected chi connectivity index (χ2v) is 3.25. The van der Waals surface area contributed by atoms with E-state index in [-0.39, 0.29) is 12.6 Å². The van der Waals surface area contributed by atoms with E-state index in [0.29, 0.717) is 19.6 Å². The van der Waals surface area contributed by atoms with E-state index in [1.54, 1.807) is 4.90 Å². The summed E-state index contributed by atoms with van der Waals surface area (Å²) >= 11 is 0. The van der Waals surface area contributed by atoms with Gasteiger partial charge in [0, 0.05) is 26.2 Å². The van der Waals surface area contributed by atoms with Gasteiger partial charge in [-0.1, -0.05) is 0 Å². The average Bonchev–Trinajstić information content (AvgIpc) is 2.47. The Morgan fingerprint density at radius 1 is 1.57 bits per heavy atom. The Hall–Kier alpha value is -1.30. The van der Waals surface area contributed by atoms with Gasteiger partial charge in [-0.3, -0.25) is 4.79 Å². The van der Waals surface area contributed by atoms with Gasteiger partial charge in [0.05, 0.1) is 0 Å². The van der Waals surface area contributed by atoms with Crippen molar-refractivity contribution in [2.24, 2.45) is 5.73 Å². The molecule has 0 aromatic rings. The first kappa shape index (κ1) is 10.8. The van der Waals surface area contributed by atoms with Crippen LogP contribution in [0.2, 0.25) is 0 Å². The number of hydrogen-bond donors (Lipinski definition) is 2. The lowest BCUT2D eigenvalue weighted by molar-refractivity contribution is -0.138. The number of likely N-dealkylation sites (N-methyl/N-ethyl adjacent to an activating group) is 1. The first-order valence-electron chi connectivity index (χ1n) is 4.58. The molecule has 1 rings (SSSR count). The number of aliphatic carboxylic acids is 1. The number of amides is 2. The molecule has 0 bridgehead atoms. The molecule has 0 aromatic heterocycles. The molecule has 1 fully saturated rings. The third-order valence-corrected chi connectivity index (χ3v) is 2.30. The number of urea groups is 1. The van der Waals surface area contributed by atoms with Crippen LogP contribution in [0.15, 0.2) is 0 Å². The second-order valence-electron chi connectivity index (χ2n) is 3.25. The van der Waals surface area contributed by atoms with Crippen LogP contribution in [0.25, 0.3) is 0 Å². The lowest BCUT2D eigenvalue weighted by Crippen LogP contribution is -2.44. The van der Waals surface area contributed by atoms with Gasteiger partial charge in [0.15, 0.2) is 0 Å². The zero-order valence-electron chi connectivity index (χ0n) is 8.14. The maximum absolute atomic E-state index is 11.5. The minimum atomic E-state index is -1.08. The molecule has 80 valence electrons. The van der Waals surface area contributed by atoms with E-state index in [2.05, 4.69) is 0 Å². The number of hydrogen-bond acceptors (Lipinski definition) is 3. The smallest absolute Gasteiger partial charge is 0.322 e. The predicted octanol–water partition coefficient (Wildman–Crippen LogP) is -0.844. The number of nitrogens with two attached hydrogens (primary N) is 1. The molecular formula is C8H15N3O3. The van der Waals surface area contributed by atoms with Gasteiger partial charge in [0.2, 0.25) is 0 Å². The van der Waals surface area contributed by atoms with Crippen molar-refractivity contribution in [2.45, 2.75) is 13.0 Å². The van der Waals surface area contributed by atoms with Gasteiger partial charge in [-0.25, -0.2) is 4.79 Å². The third kappa shape index (κ3) is 2.14. The molecule has 0 radical (unpaired) electrons.